The van der Waals surface area contributed by atoms with Gasteiger partial charge in [0.05, 0.1) is 11.0 Å². The number of hydrogen-bond acceptors (Lipinski definition) is 7. The van der Waals surface area contributed by atoms with Crippen LogP contribution in [0.3, 0.4) is 0 Å². The summed E-state index contributed by atoms with van der Waals surface area (Å²) in [4.78, 5) is 26.3. The minimum atomic E-state index is -4.41. The standard InChI is InChI=1S/C25H35F3N8OS/c1-5-36-12-10-24(16-36,21(37)29-11-13-35(3)4)15-30-20-14-17(2)31-22(33-20)34-23(38)32-19-8-6-18(7-9-19)25(26,27)28/h6-9,14H,5,10-13,15-16H2,1-4H3,(H,29,37)(H3,30,31,32,33,34,38). The number of likely N-dealkylation sites (N-methyl/N-ethyl adjacent to an activating group) is 1. The Kier molecular flexibility index (Phi) is 9.85. The number of anilines is 3. The quantitative estimate of drug-likeness (QED) is 0.331. The Morgan fingerprint density at radius 3 is 2.50 bits per heavy atom. The number of nitrogens with zero attached hydrogens (tertiary/aromatic N) is 4. The Morgan fingerprint density at radius 1 is 1.18 bits per heavy atom. The summed E-state index contributed by atoms with van der Waals surface area (Å²) in [6.07, 6.45) is -3.67. The molecule has 1 aliphatic heterocycles. The zero-order chi connectivity index (χ0) is 27.9. The van der Waals surface area contributed by atoms with Gasteiger partial charge in [0.15, 0.2) is 5.11 Å². The van der Waals surface area contributed by atoms with Gasteiger partial charge in [-0.2, -0.15) is 18.2 Å². The van der Waals surface area contributed by atoms with E-state index in [4.69, 9.17) is 12.2 Å². The van der Waals surface area contributed by atoms with Crippen LogP contribution in [-0.2, 0) is 11.0 Å². The molecule has 3 rings (SSSR count). The van der Waals surface area contributed by atoms with Crippen molar-refractivity contribution in [2.24, 2.45) is 5.41 Å². The fourth-order valence-corrected chi connectivity index (χ4v) is 4.41. The first-order valence-corrected chi connectivity index (χ1v) is 12.8. The van der Waals surface area contributed by atoms with E-state index < -0.39 is 17.2 Å². The first-order valence-electron chi connectivity index (χ1n) is 12.4. The summed E-state index contributed by atoms with van der Waals surface area (Å²) in [5, 5.41) is 12.2. The minimum absolute atomic E-state index is 0.0221. The number of benzene rings is 1. The molecule has 2 heterocycles. The zero-order valence-corrected chi connectivity index (χ0v) is 22.9. The summed E-state index contributed by atoms with van der Waals surface area (Å²) in [6, 6.07) is 6.33. The van der Waals surface area contributed by atoms with Gasteiger partial charge in [-0.3, -0.25) is 4.79 Å². The summed E-state index contributed by atoms with van der Waals surface area (Å²) in [7, 11) is 3.93. The van der Waals surface area contributed by atoms with Crippen molar-refractivity contribution in [2.45, 2.75) is 26.4 Å². The molecule has 1 aromatic heterocycles. The molecule has 1 unspecified atom stereocenters. The Morgan fingerprint density at radius 2 is 1.89 bits per heavy atom. The Hall–Kier alpha value is -3.03. The fourth-order valence-electron chi connectivity index (χ4n) is 4.20. The van der Waals surface area contributed by atoms with Crippen LogP contribution in [0, 0.1) is 12.3 Å². The second kappa shape index (κ2) is 12.7. The number of carbonyl (C=O) groups is 1. The lowest BCUT2D eigenvalue weighted by atomic mass is 9.85. The van der Waals surface area contributed by atoms with Crippen LogP contribution in [-0.4, -0.2) is 84.2 Å². The second-order valence-electron chi connectivity index (χ2n) is 9.68. The van der Waals surface area contributed by atoms with E-state index in [1.807, 2.05) is 25.9 Å². The molecule has 0 spiro atoms. The predicted octanol–water partition coefficient (Wildman–Crippen LogP) is 3.41. The van der Waals surface area contributed by atoms with Gasteiger partial charge in [-0.25, -0.2) is 4.98 Å². The molecule has 2 aromatic rings. The molecule has 1 amide bonds. The van der Waals surface area contributed by atoms with Gasteiger partial charge >= 0.3 is 6.18 Å². The number of aromatic nitrogens is 2. The van der Waals surface area contributed by atoms with Crippen molar-refractivity contribution in [3.63, 3.8) is 0 Å². The topological polar surface area (TPSA) is 97.5 Å². The largest absolute Gasteiger partial charge is 0.416 e. The third-order valence-corrected chi connectivity index (χ3v) is 6.57. The number of halogens is 3. The van der Waals surface area contributed by atoms with Gasteiger partial charge in [0.25, 0.3) is 0 Å². The van der Waals surface area contributed by atoms with Crippen LogP contribution in [0.1, 0.15) is 24.6 Å². The lowest BCUT2D eigenvalue weighted by Crippen LogP contribution is -2.48. The first-order chi connectivity index (χ1) is 17.9. The molecule has 0 radical (unpaired) electrons. The third-order valence-electron chi connectivity index (χ3n) is 6.36. The molecule has 1 atom stereocenters. The number of alkyl halides is 3. The molecule has 1 fully saturated rings. The second-order valence-corrected chi connectivity index (χ2v) is 10.1. The van der Waals surface area contributed by atoms with Crippen LogP contribution in [0.15, 0.2) is 30.3 Å². The SMILES string of the molecule is CCN1CCC(CNc2cc(C)nc(NC(=S)Nc3ccc(C(F)(F)F)cc3)n2)(C(=O)NCCN(C)C)C1. The maximum Gasteiger partial charge on any atom is 0.416 e. The summed E-state index contributed by atoms with van der Waals surface area (Å²) in [5.74, 6) is 0.782. The number of rotatable bonds is 10. The van der Waals surface area contributed by atoms with Crippen molar-refractivity contribution in [1.82, 2.24) is 25.1 Å². The molecule has 0 saturated carbocycles. The Balaban J connectivity index is 1.65. The van der Waals surface area contributed by atoms with Gasteiger partial charge < -0.3 is 31.1 Å². The van der Waals surface area contributed by atoms with Crippen molar-refractivity contribution < 1.29 is 18.0 Å². The van der Waals surface area contributed by atoms with E-state index in [0.717, 1.165) is 38.2 Å². The molecule has 1 aliphatic rings. The normalized spacial score (nSPS) is 17.9. The van der Waals surface area contributed by atoms with Gasteiger partial charge in [-0.15, -0.1) is 0 Å². The smallest absolute Gasteiger partial charge is 0.369 e. The lowest BCUT2D eigenvalue weighted by molar-refractivity contribution is -0.137. The average molecular weight is 553 g/mol. The highest BCUT2D eigenvalue weighted by molar-refractivity contribution is 7.80. The highest BCUT2D eigenvalue weighted by Crippen LogP contribution is 2.32. The van der Waals surface area contributed by atoms with Crippen molar-refractivity contribution in [3.05, 3.63) is 41.6 Å². The zero-order valence-electron chi connectivity index (χ0n) is 22.1. The molecule has 208 valence electrons. The van der Waals surface area contributed by atoms with Crippen LogP contribution < -0.4 is 21.3 Å². The van der Waals surface area contributed by atoms with Gasteiger partial charge in [0.2, 0.25) is 11.9 Å². The summed E-state index contributed by atoms with van der Waals surface area (Å²) >= 11 is 5.29. The molecule has 9 nitrogen and oxygen atoms in total. The van der Waals surface area contributed by atoms with Gasteiger partial charge in [0, 0.05) is 43.6 Å². The van der Waals surface area contributed by atoms with Gasteiger partial charge in [-0.1, -0.05) is 6.92 Å². The monoisotopic (exact) mass is 552 g/mol. The fraction of sp³-hybridized carbons (Fsp3) is 0.520. The van der Waals surface area contributed by atoms with E-state index >= 15 is 0 Å². The molecule has 0 bridgehead atoms. The van der Waals surface area contributed by atoms with Gasteiger partial charge in [-0.05, 0) is 77.0 Å². The van der Waals surface area contributed by atoms with Crippen molar-refractivity contribution in [2.75, 3.05) is 69.3 Å². The number of aryl methyl sites for hydroxylation is 1. The molecule has 1 aromatic carbocycles. The molecular weight excluding hydrogens is 517 g/mol. The number of hydrogen-bond donors (Lipinski definition) is 4. The van der Waals surface area contributed by atoms with Crippen molar-refractivity contribution in [1.29, 1.82) is 0 Å². The molecule has 0 aliphatic carbocycles. The lowest BCUT2D eigenvalue weighted by Gasteiger charge is -2.29. The number of likely N-dealkylation sites (tertiary alicyclic amines) is 1. The highest BCUT2D eigenvalue weighted by atomic mass is 32.1. The third kappa shape index (κ3) is 8.23. The van der Waals surface area contributed by atoms with Crippen molar-refractivity contribution in [3.8, 4) is 0 Å². The molecule has 38 heavy (non-hydrogen) atoms. The van der Waals surface area contributed by atoms with E-state index in [2.05, 4.69) is 43.1 Å². The highest BCUT2D eigenvalue weighted by Gasteiger charge is 2.44. The number of nitrogens with one attached hydrogen (secondary N) is 4. The molecule has 1 saturated heterocycles. The summed E-state index contributed by atoms with van der Waals surface area (Å²) < 4.78 is 38.4. The van der Waals surface area contributed by atoms with E-state index in [-0.39, 0.29) is 17.0 Å². The Labute approximate surface area is 226 Å². The average Bonchev–Trinajstić information content (AvgIpc) is 3.27. The van der Waals surface area contributed by atoms with Crippen LogP contribution in [0.4, 0.5) is 30.6 Å². The maximum atomic E-state index is 13.2. The first kappa shape index (κ1) is 29.5. The minimum Gasteiger partial charge on any atom is -0.369 e. The number of thiocarbonyl (C=S) groups is 1. The van der Waals surface area contributed by atoms with Crippen LogP contribution >= 0.6 is 12.2 Å². The van der Waals surface area contributed by atoms with E-state index in [1.165, 1.54) is 12.1 Å². The van der Waals surface area contributed by atoms with E-state index in [0.29, 0.717) is 36.8 Å². The van der Waals surface area contributed by atoms with Crippen LogP contribution in [0.2, 0.25) is 0 Å². The van der Waals surface area contributed by atoms with Crippen LogP contribution in [0.5, 0.6) is 0 Å². The number of carbonyl (C=O) groups excluding carboxylic acids is 1. The number of amides is 1. The van der Waals surface area contributed by atoms with Crippen molar-refractivity contribution >= 4 is 40.7 Å². The summed E-state index contributed by atoms with van der Waals surface area (Å²) in [5.41, 5.74) is -0.263. The van der Waals surface area contributed by atoms with E-state index in [1.54, 1.807) is 6.07 Å². The maximum absolute atomic E-state index is 13.2. The van der Waals surface area contributed by atoms with Crippen LogP contribution in [0.25, 0.3) is 0 Å². The molecule has 13 heteroatoms. The summed E-state index contributed by atoms with van der Waals surface area (Å²) in [6.45, 7) is 8.00. The Bertz CT molecular complexity index is 1110. The molecule has 4 N–H and O–H groups in total. The molecular formula is C25H35F3N8OS. The van der Waals surface area contributed by atoms with Gasteiger partial charge in [0.1, 0.15) is 5.82 Å². The van der Waals surface area contributed by atoms with E-state index in [9.17, 15) is 18.0 Å². The predicted molar refractivity (Wildman–Crippen MR) is 147 cm³/mol.